The van der Waals surface area contributed by atoms with E-state index in [4.69, 9.17) is 4.74 Å². The fourth-order valence-electron chi connectivity index (χ4n) is 2.68. The van der Waals surface area contributed by atoms with Crippen LogP contribution in [0.1, 0.15) is 27.0 Å². The Balaban J connectivity index is 1.72. The molecule has 0 bridgehead atoms. The van der Waals surface area contributed by atoms with Crippen LogP contribution in [0.3, 0.4) is 0 Å². The Labute approximate surface area is 159 Å². The molecule has 1 amide bonds. The Bertz CT molecular complexity index is 966. The zero-order valence-corrected chi connectivity index (χ0v) is 16.0. The summed E-state index contributed by atoms with van der Waals surface area (Å²) in [5.74, 6) is 1.07. The monoisotopic (exact) mass is 361 g/mol. The number of ether oxygens (including phenoxy) is 1. The number of nitrogens with one attached hydrogen (secondary N) is 2. The summed E-state index contributed by atoms with van der Waals surface area (Å²) in [6.07, 6.45) is 1.56. The van der Waals surface area contributed by atoms with E-state index < -0.39 is 0 Å². The summed E-state index contributed by atoms with van der Waals surface area (Å²) >= 11 is 0. The van der Waals surface area contributed by atoms with Crippen LogP contribution < -0.4 is 15.4 Å². The van der Waals surface area contributed by atoms with Crippen molar-refractivity contribution in [3.05, 3.63) is 77.0 Å². The van der Waals surface area contributed by atoms with Crippen LogP contribution >= 0.6 is 0 Å². The largest absolute Gasteiger partial charge is 0.495 e. The molecule has 0 unspecified atom stereocenters. The summed E-state index contributed by atoms with van der Waals surface area (Å²) in [5, 5.41) is 6.13. The Kier molecular flexibility index (Phi) is 5.41. The van der Waals surface area contributed by atoms with Crippen LogP contribution in [0, 0.1) is 20.8 Å². The van der Waals surface area contributed by atoms with Crippen molar-refractivity contribution in [2.24, 2.45) is 0 Å². The van der Waals surface area contributed by atoms with Crippen molar-refractivity contribution >= 4 is 23.1 Å². The maximum Gasteiger partial charge on any atom is 0.257 e. The van der Waals surface area contributed by atoms with E-state index in [9.17, 15) is 4.79 Å². The van der Waals surface area contributed by atoms with E-state index in [1.54, 1.807) is 25.4 Å². The molecule has 27 heavy (non-hydrogen) atoms. The van der Waals surface area contributed by atoms with Gasteiger partial charge in [-0.1, -0.05) is 12.1 Å². The summed E-state index contributed by atoms with van der Waals surface area (Å²) in [7, 11) is 1.58. The fourth-order valence-corrected chi connectivity index (χ4v) is 2.68. The third-order valence-corrected chi connectivity index (χ3v) is 4.41. The second-order valence-electron chi connectivity index (χ2n) is 6.51. The molecule has 0 atom stereocenters. The molecule has 0 saturated heterocycles. The molecular weight excluding hydrogens is 338 g/mol. The smallest absolute Gasteiger partial charge is 0.257 e. The molecule has 5 heteroatoms. The molecule has 2 aromatic carbocycles. The molecule has 2 N–H and O–H groups in total. The maximum absolute atomic E-state index is 12.5. The normalized spacial score (nSPS) is 10.4. The van der Waals surface area contributed by atoms with Gasteiger partial charge in [0.05, 0.1) is 18.4 Å². The van der Waals surface area contributed by atoms with Crippen molar-refractivity contribution in [1.29, 1.82) is 0 Å². The molecule has 5 nitrogen and oxygen atoms in total. The van der Waals surface area contributed by atoms with Crippen molar-refractivity contribution in [1.82, 2.24) is 4.98 Å². The SMILES string of the molecule is COc1ccc(C)cc1NC(=O)c1ccc(Nc2ccc(C)c(C)c2)nc1. The topological polar surface area (TPSA) is 63.2 Å². The lowest BCUT2D eigenvalue weighted by molar-refractivity contribution is 0.102. The third kappa shape index (κ3) is 4.44. The number of anilines is 3. The minimum absolute atomic E-state index is 0.232. The first-order valence-corrected chi connectivity index (χ1v) is 8.72. The van der Waals surface area contributed by atoms with Crippen molar-refractivity contribution in [2.45, 2.75) is 20.8 Å². The van der Waals surface area contributed by atoms with E-state index in [1.807, 2.05) is 31.2 Å². The molecule has 0 aliphatic heterocycles. The van der Waals surface area contributed by atoms with Crippen molar-refractivity contribution in [2.75, 3.05) is 17.7 Å². The minimum atomic E-state index is -0.232. The molecule has 0 spiro atoms. The van der Waals surface area contributed by atoms with Gasteiger partial charge >= 0.3 is 0 Å². The highest BCUT2D eigenvalue weighted by Crippen LogP contribution is 2.26. The van der Waals surface area contributed by atoms with Crippen LogP contribution in [0.25, 0.3) is 0 Å². The molecule has 0 radical (unpaired) electrons. The number of aromatic nitrogens is 1. The minimum Gasteiger partial charge on any atom is -0.495 e. The van der Waals surface area contributed by atoms with Gasteiger partial charge in [0.15, 0.2) is 0 Å². The molecule has 0 aliphatic rings. The number of hydrogen-bond donors (Lipinski definition) is 2. The number of aryl methyl sites for hydroxylation is 3. The molecule has 138 valence electrons. The van der Waals surface area contributed by atoms with E-state index in [1.165, 1.54) is 11.1 Å². The standard InChI is InChI=1S/C22H23N3O2/c1-14-5-9-20(27-4)19(11-14)25-22(26)17-7-10-21(23-13-17)24-18-8-6-15(2)16(3)12-18/h5-13H,1-4H3,(H,23,24)(H,25,26). The predicted molar refractivity (Wildman–Crippen MR) is 109 cm³/mol. The number of carbonyl (C=O) groups excluding carboxylic acids is 1. The molecular formula is C22H23N3O2. The van der Waals surface area contributed by atoms with Gasteiger partial charge in [0.25, 0.3) is 5.91 Å². The molecule has 3 rings (SSSR count). The number of methoxy groups -OCH3 is 1. The van der Waals surface area contributed by atoms with Gasteiger partial charge in [0, 0.05) is 11.9 Å². The summed E-state index contributed by atoms with van der Waals surface area (Å²) in [5.41, 5.74) is 5.57. The number of pyridine rings is 1. The van der Waals surface area contributed by atoms with Crippen LogP contribution in [0.2, 0.25) is 0 Å². The van der Waals surface area contributed by atoms with Gasteiger partial charge in [-0.3, -0.25) is 4.79 Å². The second kappa shape index (κ2) is 7.91. The Morgan fingerprint density at radius 3 is 2.44 bits per heavy atom. The van der Waals surface area contributed by atoms with E-state index in [2.05, 4.69) is 41.6 Å². The van der Waals surface area contributed by atoms with Crippen molar-refractivity contribution in [3.8, 4) is 5.75 Å². The number of rotatable bonds is 5. The number of amides is 1. The first-order chi connectivity index (χ1) is 13.0. The Morgan fingerprint density at radius 2 is 1.78 bits per heavy atom. The summed E-state index contributed by atoms with van der Waals surface area (Å²) in [4.78, 5) is 16.9. The first-order valence-electron chi connectivity index (χ1n) is 8.72. The highest BCUT2D eigenvalue weighted by atomic mass is 16.5. The van der Waals surface area contributed by atoms with Crippen LogP contribution in [-0.2, 0) is 0 Å². The van der Waals surface area contributed by atoms with Gasteiger partial charge in [0.2, 0.25) is 0 Å². The fraction of sp³-hybridized carbons (Fsp3) is 0.182. The highest BCUT2D eigenvalue weighted by molar-refractivity contribution is 6.05. The second-order valence-corrected chi connectivity index (χ2v) is 6.51. The average Bonchev–Trinajstić information content (AvgIpc) is 2.65. The molecule has 3 aromatic rings. The number of hydrogen-bond acceptors (Lipinski definition) is 4. The van der Waals surface area contributed by atoms with Gasteiger partial charge in [-0.15, -0.1) is 0 Å². The lowest BCUT2D eigenvalue weighted by atomic mass is 10.1. The quantitative estimate of drug-likeness (QED) is 0.670. The van der Waals surface area contributed by atoms with Gasteiger partial charge in [-0.25, -0.2) is 4.98 Å². The molecule has 0 fully saturated rings. The first kappa shape index (κ1) is 18.5. The van der Waals surface area contributed by atoms with Gasteiger partial charge < -0.3 is 15.4 Å². The predicted octanol–water partition coefficient (Wildman–Crippen LogP) is 5.01. The number of benzene rings is 2. The summed E-state index contributed by atoms with van der Waals surface area (Å²) < 4.78 is 5.30. The lowest BCUT2D eigenvalue weighted by Gasteiger charge is -2.11. The maximum atomic E-state index is 12.5. The molecule has 1 aromatic heterocycles. The van der Waals surface area contributed by atoms with E-state index >= 15 is 0 Å². The van der Waals surface area contributed by atoms with E-state index in [0.29, 0.717) is 22.8 Å². The highest BCUT2D eigenvalue weighted by Gasteiger charge is 2.11. The molecule has 1 heterocycles. The average molecular weight is 361 g/mol. The van der Waals surface area contributed by atoms with Crippen molar-refractivity contribution in [3.63, 3.8) is 0 Å². The number of nitrogens with zero attached hydrogens (tertiary/aromatic N) is 1. The molecule has 0 saturated carbocycles. The van der Waals surface area contributed by atoms with Crippen LogP contribution in [-0.4, -0.2) is 18.0 Å². The zero-order chi connectivity index (χ0) is 19.4. The van der Waals surface area contributed by atoms with Crippen molar-refractivity contribution < 1.29 is 9.53 Å². The zero-order valence-electron chi connectivity index (χ0n) is 16.0. The Morgan fingerprint density at radius 1 is 0.963 bits per heavy atom. The number of carbonyl (C=O) groups is 1. The van der Waals surface area contributed by atoms with Gasteiger partial charge in [-0.05, 0) is 73.9 Å². The van der Waals surface area contributed by atoms with E-state index in [0.717, 1.165) is 11.3 Å². The summed E-state index contributed by atoms with van der Waals surface area (Å²) in [6.45, 7) is 6.11. The molecule has 0 aliphatic carbocycles. The van der Waals surface area contributed by atoms with Crippen LogP contribution in [0.4, 0.5) is 17.2 Å². The summed E-state index contributed by atoms with van der Waals surface area (Å²) in [6, 6.07) is 15.3. The van der Waals surface area contributed by atoms with Gasteiger partial charge in [0.1, 0.15) is 11.6 Å². The Hall–Kier alpha value is -3.34. The van der Waals surface area contributed by atoms with Gasteiger partial charge in [-0.2, -0.15) is 0 Å². The van der Waals surface area contributed by atoms with Crippen LogP contribution in [0.15, 0.2) is 54.7 Å². The third-order valence-electron chi connectivity index (χ3n) is 4.41. The van der Waals surface area contributed by atoms with Crippen LogP contribution in [0.5, 0.6) is 5.75 Å². The lowest BCUT2D eigenvalue weighted by Crippen LogP contribution is -2.13. The van der Waals surface area contributed by atoms with E-state index in [-0.39, 0.29) is 5.91 Å².